The SMILES string of the molecule is CC(C)C(NC(=O)OC(C)(C)C)C(=O)OCn1cc(-c2nc(C(=O)N/C(C=NC3CCCCC3)=C(/N)c3nc(F)ccc3F)cs2)cn1.CCO. The summed E-state index contributed by atoms with van der Waals surface area (Å²) in [6, 6.07) is 0.849. The second kappa shape index (κ2) is 19.0. The van der Waals surface area contributed by atoms with E-state index in [1.807, 2.05) is 0 Å². The van der Waals surface area contributed by atoms with Gasteiger partial charge in [0.2, 0.25) is 5.95 Å². The minimum absolute atomic E-state index is 0.0166. The summed E-state index contributed by atoms with van der Waals surface area (Å²) in [6.07, 6.45) is 8.60. The number of esters is 1. The lowest BCUT2D eigenvalue weighted by atomic mass is 9.96. The molecule has 0 aliphatic heterocycles. The Kier molecular flexibility index (Phi) is 15.2. The number of aliphatic hydroxyl groups excluding tert-OH is 1. The monoisotopic (exact) mass is 732 g/mol. The molecule has 4 rings (SSSR count). The Bertz CT molecular complexity index is 1700. The molecular weight excluding hydrogens is 686 g/mol. The first kappa shape index (κ1) is 40.7. The highest BCUT2D eigenvalue weighted by Gasteiger charge is 2.28. The Morgan fingerprint density at radius 2 is 1.86 bits per heavy atom. The maximum atomic E-state index is 14.5. The zero-order chi connectivity index (χ0) is 37.7. The maximum absolute atomic E-state index is 14.5. The zero-order valence-corrected chi connectivity index (χ0v) is 30.4. The van der Waals surface area contributed by atoms with Crippen molar-refractivity contribution < 1.29 is 37.7 Å². The van der Waals surface area contributed by atoms with Gasteiger partial charge in [-0.1, -0.05) is 33.1 Å². The molecule has 1 aliphatic rings. The molecule has 3 aromatic heterocycles. The largest absolute Gasteiger partial charge is 0.444 e. The number of alkyl carbamates (subject to hydrolysis) is 1. The number of carbonyl (C=O) groups excluding carboxylic acids is 3. The summed E-state index contributed by atoms with van der Waals surface area (Å²) >= 11 is 1.16. The molecule has 3 aromatic rings. The number of nitrogens with one attached hydrogen (secondary N) is 2. The van der Waals surface area contributed by atoms with Crippen molar-refractivity contribution in [3.8, 4) is 10.6 Å². The number of nitrogens with zero attached hydrogens (tertiary/aromatic N) is 5. The van der Waals surface area contributed by atoms with Crippen molar-refractivity contribution in [2.75, 3.05) is 6.61 Å². The van der Waals surface area contributed by atoms with Gasteiger partial charge in [0, 0.05) is 30.0 Å². The number of amides is 2. The van der Waals surface area contributed by atoms with E-state index in [1.165, 1.54) is 22.5 Å². The van der Waals surface area contributed by atoms with Gasteiger partial charge < -0.3 is 30.9 Å². The van der Waals surface area contributed by atoms with E-state index < -0.39 is 47.1 Å². The summed E-state index contributed by atoms with van der Waals surface area (Å²) in [5.41, 5.74) is 5.27. The summed E-state index contributed by atoms with van der Waals surface area (Å²) < 4.78 is 40.4. The summed E-state index contributed by atoms with van der Waals surface area (Å²) in [6.45, 7) is 10.4. The molecule has 1 saturated carbocycles. The van der Waals surface area contributed by atoms with Crippen LogP contribution in [0.4, 0.5) is 13.6 Å². The van der Waals surface area contributed by atoms with Crippen molar-refractivity contribution >= 4 is 41.2 Å². The van der Waals surface area contributed by atoms with Crippen LogP contribution in [0.15, 0.2) is 40.6 Å². The second-order valence-corrected chi connectivity index (χ2v) is 13.8. The van der Waals surface area contributed by atoms with Crippen molar-refractivity contribution in [1.29, 1.82) is 0 Å². The third-order valence-corrected chi connectivity index (χ3v) is 8.03. The number of ether oxygens (including phenoxy) is 2. The van der Waals surface area contributed by atoms with Crippen LogP contribution in [-0.2, 0) is 21.0 Å². The molecule has 1 fully saturated rings. The molecule has 14 nitrogen and oxygen atoms in total. The normalized spacial score (nSPS) is 14.7. The first-order valence-electron chi connectivity index (χ1n) is 16.5. The highest BCUT2D eigenvalue weighted by Crippen LogP contribution is 2.24. The van der Waals surface area contributed by atoms with Crippen molar-refractivity contribution in [1.82, 2.24) is 30.4 Å². The van der Waals surface area contributed by atoms with Gasteiger partial charge in [0.15, 0.2) is 12.5 Å². The van der Waals surface area contributed by atoms with Crippen molar-refractivity contribution in [3.63, 3.8) is 0 Å². The number of pyridine rings is 1. The van der Waals surface area contributed by atoms with Crippen LogP contribution in [0.2, 0.25) is 0 Å². The fourth-order valence-electron chi connectivity index (χ4n) is 4.71. The zero-order valence-electron chi connectivity index (χ0n) is 29.6. The second-order valence-electron chi connectivity index (χ2n) is 12.9. The van der Waals surface area contributed by atoms with E-state index >= 15 is 0 Å². The van der Waals surface area contributed by atoms with Crippen molar-refractivity contribution in [2.24, 2.45) is 16.6 Å². The molecule has 17 heteroatoms. The third kappa shape index (κ3) is 12.8. The van der Waals surface area contributed by atoms with E-state index in [-0.39, 0.29) is 42.4 Å². The van der Waals surface area contributed by atoms with Gasteiger partial charge in [0.25, 0.3) is 5.91 Å². The Morgan fingerprint density at radius 3 is 2.51 bits per heavy atom. The molecule has 0 bridgehead atoms. The standard InChI is InChI=1S/C32H40F2N8O5S.C2H6O/c1-18(2)26(41-31(45)47-32(3,4)5)30(44)46-17-42-15-19(13-37-42)29-39-23(16-48-29)28(43)38-22(14-36-20-9-7-6-8-10-20)25(35)27-21(33)11-12-24(34)40-27;1-2-3/h11-16,18,20,26H,6-10,17,35H2,1-5H3,(H,38,43)(H,41,45);3H,2H2,1H3/b25-22+,36-14?;. The number of thiazole rings is 1. The van der Waals surface area contributed by atoms with Crippen LogP contribution in [-0.4, -0.2) is 73.3 Å². The molecule has 2 amide bonds. The first-order valence-corrected chi connectivity index (χ1v) is 17.4. The minimum Gasteiger partial charge on any atom is -0.444 e. The molecule has 0 aromatic carbocycles. The number of nitrogens with two attached hydrogens (primary N) is 1. The van der Waals surface area contributed by atoms with Crippen molar-refractivity contribution in [2.45, 2.75) is 98.1 Å². The van der Waals surface area contributed by atoms with Gasteiger partial charge in [-0.25, -0.2) is 28.6 Å². The lowest BCUT2D eigenvalue weighted by Gasteiger charge is -2.24. The highest BCUT2D eigenvalue weighted by molar-refractivity contribution is 7.13. The number of hydrogen-bond acceptors (Lipinski definition) is 12. The lowest BCUT2D eigenvalue weighted by molar-refractivity contribution is -0.151. The summed E-state index contributed by atoms with van der Waals surface area (Å²) in [7, 11) is 0. The maximum Gasteiger partial charge on any atom is 0.408 e. The van der Waals surface area contributed by atoms with Crippen LogP contribution in [0.3, 0.4) is 0 Å². The predicted molar refractivity (Wildman–Crippen MR) is 188 cm³/mol. The van der Waals surface area contributed by atoms with Crippen LogP contribution >= 0.6 is 11.3 Å². The van der Waals surface area contributed by atoms with Gasteiger partial charge in [0.05, 0.1) is 23.6 Å². The van der Waals surface area contributed by atoms with E-state index in [0.717, 1.165) is 55.6 Å². The van der Waals surface area contributed by atoms with E-state index in [2.05, 4.69) is 30.7 Å². The molecule has 51 heavy (non-hydrogen) atoms. The molecule has 0 spiro atoms. The van der Waals surface area contributed by atoms with Gasteiger partial charge in [-0.2, -0.15) is 9.49 Å². The molecule has 1 unspecified atom stereocenters. The third-order valence-electron chi connectivity index (χ3n) is 7.14. The lowest BCUT2D eigenvalue weighted by Crippen LogP contribution is -2.47. The molecule has 278 valence electrons. The van der Waals surface area contributed by atoms with E-state index in [1.54, 1.807) is 47.7 Å². The van der Waals surface area contributed by atoms with E-state index in [0.29, 0.717) is 10.6 Å². The van der Waals surface area contributed by atoms with Crippen LogP contribution in [0.25, 0.3) is 16.3 Å². The fraction of sp³-hybridized carbons (Fsp3) is 0.500. The minimum atomic E-state index is -0.941. The topological polar surface area (TPSA) is 196 Å². The number of rotatable bonds is 11. The van der Waals surface area contributed by atoms with Crippen LogP contribution in [0, 0.1) is 17.7 Å². The summed E-state index contributed by atoms with van der Waals surface area (Å²) in [5.74, 6) is -3.37. The Morgan fingerprint density at radius 1 is 1.18 bits per heavy atom. The number of allylic oxidation sites excluding steroid dienone is 1. The van der Waals surface area contributed by atoms with Gasteiger partial charge >= 0.3 is 12.1 Å². The molecule has 1 atom stereocenters. The molecule has 5 N–H and O–H groups in total. The van der Waals surface area contributed by atoms with Crippen LogP contribution < -0.4 is 16.4 Å². The number of carbonyl (C=O) groups is 3. The number of hydrogen-bond donors (Lipinski definition) is 4. The van der Waals surface area contributed by atoms with E-state index in [9.17, 15) is 23.2 Å². The highest BCUT2D eigenvalue weighted by atomic mass is 32.1. The molecular formula is C34H46F2N8O6S. The average molecular weight is 733 g/mol. The Hall–Kier alpha value is -4.77. The van der Waals surface area contributed by atoms with E-state index in [4.69, 9.17) is 20.3 Å². The molecule has 3 heterocycles. The van der Waals surface area contributed by atoms with Gasteiger partial charge in [0.1, 0.15) is 28.0 Å². The first-order chi connectivity index (χ1) is 24.1. The number of aliphatic hydroxyl groups is 1. The predicted octanol–water partition coefficient (Wildman–Crippen LogP) is 5.19. The molecule has 0 saturated heterocycles. The quantitative estimate of drug-likeness (QED) is 0.116. The number of aromatic nitrogens is 4. The molecule has 1 aliphatic carbocycles. The van der Waals surface area contributed by atoms with Crippen LogP contribution in [0.5, 0.6) is 0 Å². The summed E-state index contributed by atoms with van der Waals surface area (Å²) in [5, 5.41) is 18.9. The fourth-order valence-corrected chi connectivity index (χ4v) is 5.48. The van der Waals surface area contributed by atoms with Crippen molar-refractivity contribution in [3.05, 3.63) is 58.8 Å². The van der Waals surface area contributed by atoms with Crippen LogP contribution in [0.1, 0.15) is 89.8 Å². The Balaban J connectivity index is 0.00000226. The summed E-state index contributed by atoms with van der Waals surface area (Å²) in [4.78, 5) is 50.7. The number of aliphatic imine (C=N–C) groups is 1. The molecule has 0 radical (unpaired) electrons. The van der Waals surface area contributed by atoms with Gasteiger partial charge in [-0.15, -0.1) is 11.3 Å². The number of halogens is 2. The van der Waals surface area contributed by atoms with Gasteiger partial charge in [-0.3, -0.25) is 9.79 Å². The van der Waals surface area contributed by atoms with Gasteiger partial charge in [-0.05, 0) is 58.6 Å². The smallest absolute Gasteiger partial charge is 0.408 e. The Labute approximate surface area is 299 Å². The average Bonchev–Trinajstić information content (AvgIpc) is 3.76.